The molecule has 0 spiro atoms. The monoisotopic (exact) mass is 524 g/mol. The number of nitrogens with one attached hydrogen (secondary N) is 2. The number of benzene rings is 1. The lowest BCUT2D eigenvalue weighted by Crippen LogP contribution is -2.42. The van der Waals surface area contributed by atoms with Crippen LogP contribution in [0.4, 0.5) is 5.69 Å². The third kappa shape index (κ3) is 5.91. The van der Waals surface area contributed by atoms with Gasteiger partial charge in [-0.05, 0) is 78.2 Å². The van der Waals surface area contributed by atoms with E-state index in [1.807, 2.05) is 19.9 Å². The Bertz CT molecular complexity index is 1290. The number of hydrogen-bond acceptors (Lipinski definition) is 5. The Morgan fingerprint density at radius 1 is 1.16 bits per heavy atom. The third-order valence-corrected chi connectivity index (χ3v) is 7.73. The number of nitrogens with zero attached hydrogens (tertiary/aromatic N) is 4. The van der Waals surface area contributed by atoms with Crippen LogP contribution in [0.15, 0.2) is 41.7 Å². The molecular weight excluding hydrogens is 488 g/mol. The van der Waals surface area contributed by atoms with Crippen molar-refractivity contribution in [2.24, 2.45) is 0 Å². The van der Waals surface area contributed by atoms with Crippen molar-refractivity contribution in [3.63, 3.8) is 0 Å². The van der Waals surface area contributed by atoms with E-state index in [-0.39, 0.29) is 17.9 Å². The Morgan fingerprint density at radius 2 is 1.86 bits per heavy atom. The number of amides is 1. The predicted molar refractivity (Wildman–Crippen MR) is 149 cm³/mol. The number of halogens is 1. The van der Waals surface area contributed by atoms with Gasteiger partial charge in [-0.3, -0.25) is 14.2 Å². The second-order valence-electron chi connectivity index (χ2n) is 10.1. The molecule has 37 heavy (non-hydrogen) atoms. The highest BCUT2D eigenvalue weighted by Gasteiger charge is 2.28. The molecule has 0 radical (unpaired) electrons. The van der Waals surface area contributed by atoms with Gasteiger partial charge in [-0.2, -0.15) is 0 Å². The summed E-state index contributed by atoms with van der Waals surface area (Å²) in [4.78, 5) is 38.2. The summed E-state index contributed by atoms with van der Waals surface area (Å²) in [5, 5.41) is 3.48. The number of aryl methyl sites for hydroxylation is 1. The fourth-order valence-electron chi connectivity index (χ4n) is 5.46. The van der Waals surface area contributed by atoms with Gasteiger partial charge >= 0.3 is 0 Å². The first-order valence-electron chi connectivity index (χ1n) is 12.9. The number of rotatable bonds is 8. The van der Waals surface area contributed by atoms with Gasteiger partial charge in [0.25, 0.3) is 5.91 Å². The van der Waals surface area contributed by atoms with E-state index in [1.54, 1.807) is 29.4 Å². The molecule has 8 nitrogen and oxygen atoms in total. The van der Waals surface area contributed by atoms with Crippen molar-refractivity contribution >= 4 is 23.2 Å². The minimum absolute atomic E-state index is 0.0787. The zero-order chi connectivity index (χ0) is 26.7. The topological polar surface area (TPSA) is 86.3 Å². The lowest BCUT2D eigenvalue weighted by Gasteiger charge is -2.40. The van der Waals surface area contributed by atoms with Crippen LogP contribution in [0, 0.1) is 13.8 Å². The van der Waals surface area contributed by atoms with Crippen molar-refractivity contribution in [3.05, 3.63) is 74.6 Å². The van der Waals surface area contributed by atoms with Gasteiger partial charge in [0, 0.05) is 59.1 Å². The molecule has 3 aromatic rings. The second kappa shape index (κ2) is 11.5. The molecular formula is C28H37ClN6O2. The number of carbonyl (C=O) groups excluding carboxylic acids is 1. The van der Waals surface area contributed by atoms with Crippen LogP contribution in [0.2, 0.25) is 5.02 Å². The van der Waals surface area contributed by atoms with Gasteiger partial charge in [0.1, 0.15) is 12.1 Å². The van der Waals surface area contributed by atoms with E-state index in [0.29, 0.717) is 34.1 Å². The Labute approximate surface area is 223 Å². The molecule has 2 N–H and O–H groups in total. The van der Waals surface area contributed by atoms with Crippen LogP contribution in [0.3, 0.4) is 0 Å². The number of hydrogen-bond donors (Lipinski definition) is 2. The molecule has 2 aromatic heterocycles. The zero-order valence-electron chi connectivity index (χ0n) is 22.3. The van der Waals surface area contributed by atoms with Crippen LogP contribution in [0.5, 0.6) is 0 Å². The first kappa shape index (κ1) is 26.9. The van der Waals surface area contributed by atoms with E-state index in [2.05, 4.69) is 46.1 Å². The Hall–Kier alpha value is -3.10. The number of pyridine rings is 1. The van der Waals surface area contributed by atoms with Gasteiger partial charge in [-0.15, -0.1) is 0 Å². The highest BCUT2D eigenvalue weighted by atomic mass is 35.5. The molecule has 4 rings (SSSR count). The van der Waals surface area contributed by atoms with E-state index < -0.39 is 0 Å². The highest BCUT2D eigenvalue weighted by molar-refractivity contribution is 6.31. The molecule has 0 unspecified atom stereocenters. The molecule has 1 fully saturated rings. The molecule has 0 saturated heterocycles. The van der Waals surface area contributed by atoms with Crippen LogP contribution < -0.4 is 15.6 Å². The number of carbonyl (C=O) groups is 1. The average Bonchev–Trinajstić information content (AvgIpc) is 3.40. The van der Waals surface area contributed by atoms with Gasteiger partial charge < -0.3 is 20.1 Å². The molecule has 1 saturated carbocycles. The van der Waals surface area contributed by atoms with Crippen LogP contribution in [-0.4, -0.2) is 58.1 Å². The van der Waals surface area contributed by atoms with Crippen molar-refractivity contribution in [2.45, 2.75) is 65.1 Å². The molecule has 198 valence electrons. The van der Waals surface area contributed by atoms with Crippen molar-refractivity contribution in [1.82, 2.24) is 24.8 Å². The number of aromatic amines is 1. The maximum absolute atomic E-state index is 13.4. The largest absolute Gasteiger partial charge is 0.369 e. The summed E-state index contributed by atoms with van der Waals surface area (Å²) in [6.07, 6.45) is 9.56. The van der Waals surface area contributed by atoms with Gasteiger partial charge in [-0.25, -0.2) is 4.98 Å². The molecule has 0 atom stereocenters. The highest BCUT2D eigenvalue weighted by Crippen LogP contribution is 2.34. The average molecular weight is 525 g/mol. The van der Waals surface area contributed by atoms with Crippen LogP contribution in [-0.2, 0) is 6.54 Å². The van der Waals surface area contributed by atoms with Crippen molar-refractivity contribution < 1.29 is 4.79 Å². The molecule has 1 aromatic carbocycles. The number of imidazole rings is 1. The fourth-order valence-corrected chi connectivity index (χ4v) is 5.67. The Kier molecular flexibility index (Phi) is 8.39. The van der Waals surface area contributed by atoms with Crippen molar-refractivity contribution in [2.75, 3.05) is 25.5 Å². The van der Waals surface area contributed by atoms with E-state index in [9.17, 15) is 9.59 Å². The Balaban J connectivity index is 1.57. The Morgan fingerprint density at radius 3 is 2.49 bits per heavy atom. The van der Waals surface area contributed by atoms with Gasteiger partial charge in [0.05, 0.1) is 12.1 Å². The summed E-state index contributed by atoms with van der Waals surface area (Å²) in [7, 11) is 4.30. The van der Waals surface area contributed by atoms with E-state index in [0.717, 1.165) is 49.2 Å². The lowest BCUT2D eigenvalue weighted by atomic mass is 9.89. The summed E-state index contributed by atoms with van der Waals surface area (Å²) in [6, 6.07) is 6.25. The molecule has 0 bridgehead atoms. The lowest BCUT2D eigenvalue weighted by molar-refractivity contribution is 0.0950. The number of aromatic nitrogens is 3. The molecule has 0 aliphatic heterocycles. The standard InChI is InChI=1S/C28H37ClN6O2/c1-6-35(22-9-7-21(8-10-22)33(4)5)25-15-20(29)14-23(19(25)3)28(37)31-16-24-26(36)13-18(2)32-27(24)34-12-11-30-17-34/h11-15,17,21-22H,6-10,16H2,1-5H3,(H,31,37)(H,32,36)/t21-,22-. The summed E-state index contributed by atoms with van der Waals surface area (Å²) in [5.74, 6) is 0.335. The predicted octanol–water partition coefficient (Wildman–Crippen LogP) is 4.46. The first-order chi connectivity index (χ1) is 17.7. The summed E-state index contributed by atoms with van der Waals surface area (Å²) in [5.41, 5.74) is 3.47. The SMILES string of the molecule is CCN(c1cc(Cl)cc(C(=O)NCc2c(-n3ccnc3)[nH]c(C)cc2=O)c1C)[C@H]1CC[C@H](N(C)C)CC1. The number of H-pyrrole nitrogens is 1. The van der Waals surface area contributed by atoms with E-state index in [4.69, 9.17) is 11.6 Å². The zero-order valence-corrected chi connectivity index (χ0v) is 23.1. The molecule has 9 heteroatoms. The maximum Gasteiger partial charge on any atom is 0.251 e. The van der Waals surface area contributed by atoms with E-state index in [1.165, 1.54) is 6.07 Å². The first-order valence-corrected chi connectivity index (χ1v) is 13.3. The van der Waals surface area contributed by atoms with Crippen molar-refractivity contribution in [3.8, 4) is 5.82 Å². The quantitative estimate of drug-likeness (QED) is 0.454. The summed E-state index contributed by atoms with van der Waals surface area (Å²) in [6.45, 7) is 6.87. The number of anilines is 1. The van der Waals surface area contributed by atoms with Gasteiger partial charge in [-0.1, -0.05) is 11.6 Å². The fraction of sp³-hybridized carbons (Fsp3) is 0.464. The van der Waals surface area contributed by atoms with Crippen molar-refractivity contribution in [1.29, 1.82) is 0 Å². The molecule has 1 amide bonds. The van der Waals surface area contributed by atoms with E-state index >= 15 is 0 Å². The smallest absolute Gasteiger partial charge is 0.251 e. The van der Waals surface area contributed by atoms with Gasteiger partial charge in [0.15, 0.2) is 5.43 Å². The van der Waals surface area contributed by atoms with Crippen LogP contribution in [0.1, 0.15) is 59.8 Å². The minimum Gasteiger partial charge on any atom is -0.369 e. The summed E-state index contributed by atoms with van der Waals surface area (Å²) >= 11 is 6.54. The minimum atomic E-state index is -0.259. The molecule has 1 aliphatic rings. The summed E-state index contributed by atoms with van der Waals surface area (Å²) < 4.78 is 1.74. The molecule has 2 heterocycles. The molecule has 1 aliphatic carbocycles. The maximum atomic E-state index is 13.4. The van der Waals surface area contributed by atoms with Crippen LogP contribution >= 0.6 is 11.6 Å². The van der Waals surface area contributed by atoms with Crippen LogP contribution in [0.25, 0.3) is 5.82 Å². The van der Waals surface area contributed by atoms with Gasteiger partial charge in [0.2, 0.25) is 0 Å². The third-order valence-electron chi connectivity index (χ3n) is 7.51. The normalized spacial score (nSPS) is 17.7. The second-order valence-corrected chi connectivity index (χ2v) is 10.5.